The van der Waals surface area contributed by atoms with E-state index in [-0.39, 0.29) is 5.91 Å². The summed E-state index contributed by atoms with van der Waals surface area (Å²) in [6.07, 6.45) is 8.47. The topological polar surface area (TPSA) is 29.1 Å². The van der Waals surface area contributed by atoms with Crippen molar-refractivity contribution in [3.05, 3.63) is 35.4 Å². The molecule has 2 rings (SSSR count). The van der Waals surface area contributed by atoms with Crippen LogP contribution in [0.15, 0.2) is 24.3 Å². The lowest BCUT2D eigenvalue weighted by molar-refractivity contribution is 0.0933. The molecule has 0 atom stereocenters. The van der Waals surface area contributed by atoms with E-state index in [0.29, 0.717) is 12.0 Å². The number of hydrogen-bond donors (Lipinski definition) is 1. The van der Waals surface area contributed by atoms with Gasteiger partial charge in [0.2, 0.25) is 0 Å². The Kier molecular flexibility index (Phi) is 5.63. The monoisotopic (exact) mass is 273 g/mol. The number of rotatable bonds is 4. The van der Waals surface area contributed by atoms with Gasteiger partial charge in [-0.1, -0.05) is 51.7 Å². The highest BCUT2D eigenvalue weighted by molar-refractivity contribution is 5.94. The Bertz CT molecular complexity index is 414. The molecule has 0 saturated heterocycles. The van der Waals surface area contributed by atoms with Crippen molar-refractivity contribution in [2.75, 3.05) is 0 Å². The summed E-state index contributed by atoms with van der Waals surface area (Å²) in [5.41, 5.74) is 2.10. The van der Waals surface area contributed by atoms with Gasteiger partial charge >= 0.3 is 0 Å². The van der Waals surface area contributed by atoms with E-state index in [1.807, 2.05) is 12.1 Å². The average molecular weight is 273 g/mol. The van der Waals surface area contributed by atoms with Gasteiger partial charge in [0.25, 0.3) is 5.91 Å². The van der Waals surface area contributed by atoms with Gasteiger partial charge in [0.15, 0.2) is 0 Å². The summed E-state index contributed by atoms with van der Waals surface area (Å²) in [5, 5.41) is 3.20. The highest BCUT2D eigenvalue weighted by Gasteiger charge is 2.15. The molecule has 0 radical (unpaired) electrons. The van der Waals surface area contributed by atoms with E-state index in [4.69, 9.17) is 0 Å². The first-order valence-electron chi connectivity index (χ1n) is 8.05. The van der Waals surface area contributed by atoms with Crippen molar-refractivity contribution in [1.82, 2.24) is 5.32 Å². The Morgan fingerprint density at radius 1 is 1.10 bits per heavy atom. The number of benzene rings is 1. The second kappa shape index (κ2) is 7.47. The maximum absolute atomic E-state index is 12.2. The molecule has 2 nitrogen and oxygen atoms in total. The highest BCUT2D eigenvalue weighted by Crippen LogP contribution is 2.18. The fourth-order valence-electron chi connectivity index (χ4n) is 2.96. The molecule has 0 aromatic heterocycles. The second-order valence-electron chi connectivity index (χ2n) is 6.46. The van der Waals surface area contributed by atoms with Gasteiger partial charge in [0.05, 0.1) is 0 Å². The number of amides is 1. The zero-order chi connectivity index (χ0) is 14.4. The molecule has 1 fully saturated rings. The largest absolute Gasteiger partial charge is 0.349 e. The Balaban J connectivity index is 1.91. The minimum absolute atomic E-state index is 0.0907. The summed E-state index contributed by atoms with van der Waals surface area (Å²) < 4.78 is 0. The van der Waals surface area contributed by atoms with Crippen LogP contribution in [-0.2, 0) is 6.42 Å². The van der Waals surface area contributed by atoms with Gasteiger partial charge in [-0.3, -0.25) is 4.79 Å². The Hall–Kier alpha value is -1.31. The van der Waals surface area contributed by atoms with Crippen LogP contribution in [0.25, 0.3) is 0 Å². The third-order valence-corrected chi connectivity index (χ3v) is 4.05. The fourth-order valence-corrected chi connectivity index (χ4v) is 2.96. The summed E-state index contributed by atoms with van der Waals surface area (Å²) in [4.78, 5) is 12.2. The summed E-state index contributed by atoms with van der Waals surface area (Å²) in [5.74, 6) is 0.744. The van der Waals surface area contributed by atoms with Crippen LogP contribution in [-0.4, -0.2) is 11.9 Å². The van der Waals surface area contributed by atoms with Gasteiger partial charge in [-0.15, -0.1) is 0 Å². The fraction of sp³-hybridized carbons (Fsp3) is 0.611. The van der Waals surface area contributed by atoms with Crippen LogP contribution >= 0.6 is 0 Å². The molecule has 1 N–H and O–H groups in total. The maximum Gasteiger partial charge on any atom is 0.251 e. The third kappa shape index (κ3) is 4.66. The van der Waals surface area contributed by atoms with Gasteiger partial charge in [-0.2, -0.15) is 0 Å². The lowest BCUT2D eigenvalue weighted by Gasteiger charge is -2.16. The predicted molar refractivity (Wildman–Crippen MR) is 83.9 cm³/mol. The number of carbonyl (C=O) groups is 1. The van der Waals surface area contributed by atoms with Crippen molar-refractivity contribution in [3.63, 3.8) is 0 Å². The minimum Gasteiger partial charge on any atom is -0.349 e. The average Bonchev–Trinajstić information content (AvgIpc) is 2.67. The molecular formula is C18H27NO. The van der Waals surface area contributed by atoms with Gasteiger partial charge in [-0.25, -0.2) is 0 Å². The number of nitrogens with one attached hydrogen (secondary N) is 1. The van der Waals surface area contributed by atoms with Crippen molar-refractivity contribution in [3.8, 4) is 0 Å². The van der Waals surface area contributed by atoms with E-state index in [0.717, 1.165) is 24.8 Å². The van der Waals surface area contributed by atoms with Crippen LogP contribution < -0.4 is 5.32 Å². The summed E-state index contributed by atoms with van der Waals surface area (Å²) >= 11 is 0. The van der Waals surface area contributed by atoms with E-state index in [1.54, 1.807) is 0 Å². The third-order valence-electron chi connectivity index (χ3n) is 4.05. The molecule has 0 unspecified atom stereocenters. The van der Waals surface area contributed by atoms with Gasteiger partial charge in [0.1, 0.15) is 0 Å². The molecule has 0 heterocycles. The normalized spacial score (nSPS) is 16.9. The predicted octanol–water partition coefficient (Wildman–Crippen LogP) is 4.34. The number of carbonyl (C=O) groups excluding carboxylic acids is 1. The highest BCUT2D eigenvalue weighted by atomic mass is 16.1. The van der Waals surface area contributed by atoms with E-state index < -0.39 is 0 Å². The maximum atomic E-state index is 12.2. The quantitative estimate of drug-likeness (QED) is 0.812. The molecule has 110 valence electrons. The zero-order valence-electron chi connectivity index (χ0n) is 12.8. The molecular weight excluding hydrogens is 246 g/mol. The molecule has 20 heavy (non-hydrogen) atoms. The van der Waals surface area contributed by atoms with Crippen molar-refractivity contribution < 1.29 is 4.79 Å². The van der Waals surface area contributed by atoms with E-state index in [9.17, 15) is 4.79 Å². The molecule has 1 aliphatic carbocycles. The van der Waals surface area contributed by atoms with Gasteiger partial charge in [0, 0.05) is 11.6 Å². The van der Waals surface area contributed by atoms with Crippen molar-refractivity contribution in [1.29, 1.82) is 0 Å². The van der Waals surface area contributed by atoms with Crippen molar-refractivity contribution >= 4 is 5.91 Å². The van der Waals surface area contributed by atoms with E-state index >= 15 is 0 Å². The van der Waals surface area contributed by atoms with Crippen LogP contribution in [0.4, 0.5) is 0 Å². The first-order valence-corrected chi connectivity index (χ1v) is 8.05. The van der Waals surface area contributed by atoms with E-state index in [2.05, 4.69) is 31.3 Å². The van der Waals surface area contributed by atoms with Crippen LogP contribution in [0.2, 0.25) is 0 Å². The molecule has 1 aromatic carbocycles. The Labute approximate surface area is 123 Å². The molecule has 1 aromatic rings. The summed E-state index contributed by atoms with van der Waals surface area (Å²) in [6, 6.07) is 8.47. The first-order chi connectivity index (χ1) is 9.65. The smallest absolute Gasteiger partial charge is 0.251 e. The summed E-state index contributed by atoms with van der Waals surface area (Å²) in [7, 11) is 0. The first kappa shape index (κ1) is 15.1. The molecule has 0 spiro atoms. The van der Waals surface area contributed by atoms with Crippen LogP contribution in [0, 0.1) is 5.92 Å². The van der Waals surface area contributed by atoms with Gasteiger partial charge in [-0.05, 0) is 42.9 Å². The lowest BCUT2D eigenvalue weighted by Crippen LogP contribution is -2.34. The Morgan fingerprint density at radius 2 is 1.70 bits per heavy atom. The minimum atomic E-state index is 0.0907. The van der Waals surface area contributed by atoms with Crippen LogP contribution in [0.3, 0.4) is 0 Å². The molecule has 1 saturated carbocycles. The number of hydrogen-bond acceptors (Lipinski definition) is 1. The molecule has 2 heteroatoms. The summed E-state index contributed by atoms with van der Waals surface area (Å²) in [6.45, 7) is 4.43. The van der Waals surface area contributed by atoms with Crippen LogP contribution in [0.5, 0.6) is 0 Å². The van der Waals surface area contributed by atoms with Gasteiger partial charge < -0.3 is 5.32 Å². The molecule has 0 bridgehead atoms. The second-order valence-corrected chi connectivity index (χ2v) is 6.46. The van der Waals surface area contributed by atoms with E-state index in [1.165, 1.54) is 31.2 Å². The molecule has 0 aliphatic heterocycles. The standard InChI is InChI=1S/C18H27NO/c1-14(2)13-15-9-11-16(12-10-15)18(20)19-17-7-5-3-4-6-8-17/h9-12,14,17H,3-8,13H2,1-2H3,(H,19,20). The zero-order valence-corrected chi connectivity index (χ0v) is 12.8. The SMILES string of the molecule is CC(C)Cc1ccc(C(=O)NC2CCCCCC2)cc1. The molecule has 1 amide bonds. The van der Waals surface area contributed by atoms with Crippen LogP contribution in [0.1, 0.15) is 68.3 Å². The van der Waals surface area contributed by atoms with Crippen molar-refractivity contribution in [2.45, 2.75) is 64.8 Å². The molecule has 1 aliphatic rings. The lowest BCUT2D eigenvalue weighted by atomic mass is 10.0. The Morgan fingerprint density at radius 3 is 2.25 bits per heavy atom. The van der Waals surface area contributed by atoms with Crippen molar-refractivity contribution in [2.24, 2.45) is 5.92 Å².